The quantitative estimate of drug-likeness (QED) is 0.218. The lowest BCUT2D eigenvalue weighted by Crippen LogP contribution is -2.11. The smallest absolute Gasteiger partial charge is 0.227 e. The van der Waals surface area contributed by atoms with Gasteiger partial charge < -0.3 is 9.32 Å². The number of nitrogens with zero attached hydrogens (tertiary/aromatic N) is 2. The predicted octanol–water partition coefficient (Wildman–Crippen LogP) is 10.9. The fourth-order valence-corrected chi connectivity index (χ4v) is 5.92. The summed E-state index contributed by atoms with van der Waals surface area (Å²) in [5.74, 6) is 0. The molecule has 0 saturated carbocycles. The van der Waals surface area contributed by atoms with Crippen molar-refractivity contribution in [2.24, 2.45) is 0 Å². The topological polar surface area (TPSA) is 29.3 Å². The van der Waals surface area contributed by atoms with Crippen LogP contribution in [0.4, 0.5) is 17.1 Å². The number of aromatic nitrogens is 1. The summed E-state index contributed by atoms with van der Waals surface area (Å²) in [7, 11) is 0. The third kappa shape index (κ3) is 4.11. The van der Waals surface area contributed by atoms with Crippen molar-refractivity contribution in [3.8, 4) is 22.3 Å². The molecule has 2 heterocycles. The van der Waals surface area contributed by atoms with Crippen LogP contribution in [0.3, 0.4) is 0 Å². The van der Waals surface area contributed by atoms with Crippen LogP contribution in [0.5, 0.6) is 0 Å². The zero-order chi connectivity index (χ0) is 27.9. The van der Waals surface area contributed by atoms with Gasteiger partial charge in [-0.2, -0.15) is 0 Å². The number of fused-ring (bicyclic) bond motifs is 5. The molecule has 0 aliphatic carbocycles. The lowest BCUT2D eigenvalue weighted by Gasteiger charge is -2.28. The summed E-state index contributed by atoms with van der Waals surface area (Å²) < 4.78 is 6.14. The molecule has 0 N–H and O–H groups in total. The summed E-state index contributed by atoms with van der Waals surface area (Å²) in [6.07, 6.45) is 1.90. The minimum absolute atomic E-state index is 0.657. The monoisotopic (exact) mass is 538 g/mol. The van der Waals surface area contributed by atoms with Gasteiger partial charge in [0.1, 0.15) is 5.58 Å². The van der Waals surface area contributed by atoms with E-state index in [1.54, 1.807) is 0 Å². The molecule has 0 amide bonds. The summed E-state index contributed by atoms with van der Waals surface area (Å²) >= 11 is 0. The van der Waals surface area contributed by atoms with E-state index in [-0.39, 0.29) is 0 Å². The van der Waals surface area contributed by atoms with Crippen molar-refractivity contribution in [2.45, 2.75) is 0 Å². The van der Waals surface area contributed by atoms with Crippen molar-refractivity contribution >= 4 is 49.9 Å². The van der Waals surface area contributed by atoms with Gasteiger partial charge in [-0.05, 0) is 58.5 Å². The van der Waals surface area contributed by atoms with E-state index in [9.17, 15) is 0 Å². The molecule has 6 aromatic carbocycles. The molecular weight excluding hydrogens is 512 g/mol. The summed E-state index contributed by atoms with van der Waals surface area (Å²) in [6, 6.07) is 53.3. The van der Waals surface area contributed by atoms with Crippen LogP contribution in [0.1, 0.15) is 0 Å². The molecule has 42 heavy (non-hydrogen) atoms. The Hall–Kier alpha value is -5.67. The Labute approximate surface area is 243 Å². The van der Waals surface area contributed by atoms with Gasteiger partial charge in [0.25, 0.3) is 0 Å². The molecule has 0 atom stereocenters. The normalized spacial score (nSPS) is 11.3. The Morgan fingerprint density at radius 2 is 1.14 bits per heavy atom. The second kappa shape index (κ2) is 10.1. The molecule has 0 saturated heterocycles. The number of anilines is 3. The zero-order valence-corrected chi connectivity index (χ0v) is 22.8. The molecule has 0 spiro atoms. The highest BCUT2D eigenvalue weighted by Gasteiger charge is 2.19. The van der Waals surface area contributed by atoms with E-state index in [0.717, 1.165) is 44.2 Å². The van der Waals surface area contributed by atoms with Gasteiger partial charge in [-0.1, -0.05) is 115 Å². The molecule has 0 fully saturated rings. The second-order valence-electron chi connectivity index (χ2n) is 10.4. The SMILES string of the molecule is c1ccc(-c2ccc(N(c3ccc4cnc5oc6ccccc6c5c4c3)c3ccccc3-c3ccccc3)cc2)cc1. The molecule has 3 heteroatoms. The molecule has 0 bridgehead atoms. The highest BCUT2D eigenvalue weighted by atomic mass is 16.3. The van der Waals surface area contributed by atoms with E-state index in [1.807, 2.05) is 18.3 Å². The van der Waals surface area contributed by atoms with Gasteiger partial charge in [0, 0.05) is 33.9 Å². The Morgan fingerprint density at radius 1 is 0.500 bits per heavy atom. The molecule has 0 unspecified atom stereocenters. The Morgan fingerprint density at radius 3 is 1.95 bits per heavy atom. The average molecular weight is 539 g/mol. The number of pyridine rings is 1. The largest absolute Gasteiger partial charge is 0.438 e. The van der Waals surface area contributed by atoms with E-state index in [1.165, 1.54) is 22.3 Å². The van der Waals surface area contributed by atoms with Crippen LogP contribution < -0.4 is 4.90 Å². The molecule has 0 aliphatic rings. The number of hydrogen-bond donors (Lipinski definition) is 0. The van der Waals surface area contributed by atoms with Crippen molar-refractivity contribution < 1.29 is 4.42 Å². The average Bonchev–Trinajstić information content (AvgIpc) is 3.46. The van der Waals surface area contributed by atoms with Gasteiger partial charge >= 0.3 is 0 Å². The van der Waals surface area contributed by atoms with E-state index < -0.39 is 0 Å². The number of furan rings is 1. The number of benzene rings is 6. The van der Waals surface area contributed by atoms with Crippen LogP contribution in [0, 0.1) is 0 Å². The highest BCUT2D eigenvalue weighted by molar-refractivity contribution is 6.18. The second-order valence-corrected chi connectivity index (χ2v) is 10.4. The fourth-order valence-electron chi connectivity index (χ4n) is 5.92. The lowest BCUT2D eigenvalue weighted by atomic mass is 10.00. The molecule has 198 valence electrons. The van der Waals surface area contributed by atoms with Crippen molar-refractivity contribution in [3.63, 3.8) is 0 Å². The van der Waals surface area contributed by atoms with Crippen LogP contribution in [0.2, 0.25) is 0 Å². The minimum atomic E-state index is 0.657. The molecule has 0 radical (unpaired) electrons. The van der Waals surface area contributed by atoms with Gasteiger partial charge in [-0.15, -0.1) is 0 Å². The first kappa shape index (κ1) is 24.2. The van der Waals surface area contributed by atoms with Gasteiger partial charge in [0.05, 0.1) is 11.1 Å². The van der Waals surface area contributed by atoms with Crippen molar-refractivity contribution in [1.29, 1.82) is 0 Å². The third-order valence-corrected chi connectivity index (χ3v) is 7.92. The first-order valence-electron chi connectivity index (χ1n) is 14.1. The number of hydrogen-bond acceptors (Lipinski definition) is 3. The maximum absolute atomic E-state index is 6.14. The Kier molecular flexibility index (Phi) is 5.79. The Bertz CT molecular complexity index is 2180. The minimum Gasteiger partial charge on any atom is -0.438 e. The highest BCUT2D eigenvalue weighted by Crippen LogP contribution is 2.43. The zero-order valence-electron chi connectivity index (χ0n) is 22.8. The van der Waals surface area contributed by atoms with Gasteiger partial charge in [0.15, 0.2) is 0 Å². The van der Waals surface area contributed by atoms with Crippen LogP contribution in [-0.4, -0.2) is 4.98 Å². The molecule has 3 nitrogen and oxygen atoms in total. The fraction of sp³-hybridized carbons (Fsp3) is 0. The molecule has 8 aromatic rings. The maximum Gasteiger partial charge on any atom is 0.227 e. The maximum atomic E-state index is 6.14. The third-order valence-electron chi connectivity index (χ3n) is 7.92. The molecule has 0 aliphatic heterocycles. The summed E-state index contributed by atoms with van der Waals surface area (Å²) in [5.41, 5.74) is 9.49. The summed E-state index contributed by atoms with van der Waals surface area (Å²) in [6.45, 7) is 0. The molecule has 8 rings (SSSR count). The van der Waals surface area contributed by atoms with E-state index in [2.05, 4.69) is 149 Å². The molecule has 2 aromatic heterocycles. The van der Waals surface area contributed by atoms with Crippen LogP contribution in [0.25, 0.3) is 55.1 Å². The number of rotatable bonds is 5. The summed E-state index contributed by atoms with van der Waals surface area (Å²) in [5, 5.41) is 4.31. The van der Waals surface area contributed by atoms with E-state index in [4.69, 9.17) is 4.42 Å². The first-order valence-corrected chi connectivity index (χ1v) is 14.1. The standard InChI is InChI=1S/C39H26N2O/c1-3-11-27(12-4-1)28-19-22-31(23-20-28)41(36-17-9-7-15-33(36)29-13-5-2-6-14-29)32-24-21-30-26-40-39-38(35(30)25-32)34-16-8-10-18-37(34)42-39/h1-26H. The summed E-state index contributed by atoms with van der Waals surface area (Å²) in [4.78, 5) is 7.00. The van der Waals surface area contributed by atoms with Crippen LogP contribution >= 0.6 is 0 Å². The van der Waals surface area contributed by atoms with Crippen molar-refractivity contribution in [3.05, 3.63) is 158 Å². The Balaban J connectivity index is 1.36. The van der Waals surface area contributed by atoms with Gasteiger partial charge in [-0.25, -0.2) is 4.98 Å². The lowest BCUT2D eigenvalue weighted by molar-refractivity contribution is 0.654. The van der Waals surface area contributed by atoms with Crippen LogP contribution in [0.15, 0.2) is 162 Å². The number of para-hydroxylation sites is 2. The first-order chi connectivity index (χ1) is 20.8. The molecular formula is C39H26N2O. The van der Waals surface area contributed by atoms with Gasteiger partial charge in [0.2, 0.25) is 5.71 Å². The van der Waals surface area contributed by atoms with Crippen molar-refractivity contribution in [2.75, 3.05) is 4.90 Å². The predicted molar refractivity (Wildman–Crippen MR) is 175 cm³/mol. The van der Waals surface area contributed by atoms with E-state index >= 15 is 0 Å². The van der Waals surface area contributed by atoms with E-state index in [0.29, 0.717) is 5.71 Å². The van der Waals surface area contributed by atoms with Gasteiger partial charge in [-0.3, -0.25) is 0 Å². The van der Waals surface area contributed by atoms with Crippen LogP contribution in [-0.2, 0) is 0 Å². The van der Waals surface area contributed by atoms with Crippen molar-refractivity contribution in [1.82, 2.24) is 4.98 Å².